The minimum Gasteiger partial charge on any atom is -0.408 e. The van der Waals surface area contributed by atoms with Gasteiger partial charge < -0.3 is 15.8 Å². The van der Waals surface area contributed by atoms with Crippen LogP contribution in [0.4, 0.5) is 10.5 Å². The highest BCUT2D eigenvalue weighted by atomic mass is 16.6. The van der Waals surface area contributed by atoms with Crippen molar-refractivity contribution in [1.29, 1.82) is 0 Å². The zero-order valence-corrected chi connectivity index (χ0v) is 13.9. The monoisotopic (exact) mass is 306 g/mol. The fourth-order valence-corrected chi connectivity index (χ4v) is 1.93. The van der Waals surface area contributed by atoms with E-state index in [1.54, 1.807) is 18.2 Å². The number of nitrogens with two attached hydrogens (primary N) is 1. The van der Waals surface area contributed by atoms with Crippen LogP contribution in [0.3, 0.4) is 0 Å². The standard InChI is InChI=1S/C17H26N2O3/c1-5-6-7-8-14(20)12-9-10-15(13(18)11-12)22-16(21)19-17(2,3)4/h9-11H,5-8,18H2,1-4H3,(H,19,21). The highest BCUT2D eigenvalue weighted by Gasteiger charge is 2.17. The van der Waals surface area contributed by atoms with Crippen LogP contribution in [0.15, 0.2) is 18.2 Å². The Morgan fingerprint density at radius 2 is 1.91 bits per heavy atom. The molecular formula is C17H26N2O3. The number of hydrogen-bond acceptors (Lipinski definition) is 4. The third-order valence-electron chi connectivity index (χ3n) is 3.02. The minimum absolute atomic E-state index is 0.0610. The second kappa shape index (κ2) is 7.82. The lowest BCUT2D eigenvalue weighted by atomic mass is 10.0. The lowest BCUT2D eigenvalue weighted by molar-refractivity contribution is 0.0979. The Bertz CT molecular complexity index is 533. The predicted octanol–water partition coefficient (Wildman–Crippen LogP) is 3.92. The number of ether oxygens (including phenoxy) is 1. The molecule has 0 heterocycles. The van der Waals surface area contributed by atoms with Crippen LogP contribution in [0, 0.1) is 0 Å². The molecular weight excluding hydrogens is 280 g/mol. The molecule has 0 radical (unpaired) electrons. The van der Waals surface area contributed by atoms with E-state index >= 15 is 0 Å². The van der Waals surface area contributed by atoms with Crippen molar-refractivity contribution in [3.05, 3.63) is 23.8 Å². The quantitative estimate of drug-likeness (QED) is 0.474. The summed E-state index contributed by atoms with van der Waals surface area (Å²) < 4.78 is 5.17. The van der Waals surface area contributed by atoms with Crippen LogP contribution in [-0.4, -0.2) is 17.4 Å². The number of amides is 1. The van der Waals surface area contributed by atoms with Gasteiger partial charge in [-0.05, 0) is 45.4 Å². The molecule has 1 amide bonds. The summed E-state index contributed by atoms with van der Waals surface area (Å²) in [6.45, 7) is 7.66. The lowest BCUT2D eigenvalue weighted by Crippen LogP contribution is -2.42. The number of rotatable bonds is 6. The van der Waals surface area contributed by atoms with Crippen molar-refractivity contribution in [2.24, 2.45) is 0 Å². The average Bonchev–Trinajstić information content (AvgIpc) is 2.39. The van der Waals surface area contributed by atoms with E-state index in [0.29, 0.717) is 12.0 Å². The van der Waals surface area contributed by atoms with Crippen molar-refractivity contribution >= 4 is 17.6 Å². The summed E-state index contributed by atoms with van der Waals surface area (Å²) in [5, 5.41) is 2.68. The number of nitrogen functional groups attached to an aromatic ring is 1. The van der Waals surface area contributed by atoms with Crippen molar-refractivity contribution < 1.29 is 14.3 Å². The van der Waals surface area contributed by atoms with Crippen LogP contribution in [0.25, 0.3) is 0 Å². The number of anilines is 1. The first-order valence-electron chi connectivity index (χ1n) is 7.65. The van der Waals surface area contributed by atoms with E-state index < -0.39 is 6.09 Å². The Morgan fingerprint density at radius 1 is 1.23 bits per heavy atom. The van der Waals surface area contributed by atoms with Gasteiger partial charge in [0.25, 0.3) is 0 Å². The predicted molar refractivity (Wildman–Crippen MR) is 88.2 cm³/mol. The summed E-state index contributed by atoms with van der Waals surface area (Å²) in [5.74, 6) is 0.317. The van der Waals surface area contributed by atoms with E-state index in [-0.39, 0.29) is 22.8 Å². The summed E-state index contributed by atoms with van der Waals surface area (Å²) in [4.78, 5) is 23.7. The first-order chi connectivity index (χ1) is 10.2. The number of nitrogens with one attached hydrogen (secondary N) is 1. The third kappa shape index (κ3) is 6.16. The molecule has 1 rings (SSSR count). The highest BCUT2D eigenvalue weighted by Crippen LogP contribution is 2.24. The van der Waals surface area contributed by atoms with Gasteiger partial charge >= 0.3 is 6.09 Å². The summed E-state index contributed by atoms with van der Waals surface area (Å²) >= 11 is 0. The van der Waals surface area contributed by atoms with Gasteiger partial charge in [-0.2, -0.15) is 0 Å². The Balaban J connectivity index is 2.69. The molecule has 122 valence electrons. The SMILES string of the molecule is CCCCCC(=O)c1ccc(OC(=O)NC(C)(C)C)c(N)c1. The molecule has 5 heteroatoms. The molecule has 0 spiro atoms. The Morgan fingerprint density at radius 3 is 2.45 bits per heavy atom. The maximum Gasteiger partial charge on any atom is 0.413 e. The second-order valence-corrected chi connectivity index (χ2v) is 6.40. The third-order valence-corrected chi connectivity index (χ3v) is 3.02. The van der Waals surface area contributed by atoms with Crippen LogP contribution < -0.4 is 15.8 Å². The molecule has 0 unspecified atom stereocenters. The number of carbonyl (C=O) groups is 2. The molecule has 0 aliphatic carbocycles. The Hall–Kier alpha value is -2.04. The maximum absolute atomic E-state index is 12.0. The lowest BCUT2D eigenvalue weighted by Gasteiger charge is -2.20. The molecule has 0 aliphatic rings. The molecule has 0 bridgehead atoms. The van der Waals surface area contributed by atoms with Crippen molar-refractivity contribution in [2.75, 3.05) is 5.73 Å². The average molecular weight is 306 g/mol. The molecule has 0 saturated heterocycles. The molecule has 1 aromatic rings. The van der Waals surface area contributed by atoms with E-state index in [2.05, 4.69) is 12.2 Å². The normalized spacial score (nSPS) is 11.1. The molecule has 3 N–H and O–H groups in total. The largest absolute Gasteiger partial charge is 0.413 e. The van der Waals surface area contributed by atoms with Crippen LogP contribution in [0.2, 0.25) is 0 Å². The minimum atomic E-state index is -0.568. The van der Waals surface area contributed by atoms with Gasteiger partial charge in [0.1, 0.15) is 0 Å². The smallest absolute Gasteiger partial charge is 0.408 e. The zero-order chi connectivity index (χ0) is 16.8. The van der Waals surface area contributed by atoms with E-state index in [9.17, 15) is 9.59 Å². The number of hydrogen-bond donors (Lipinski definition) is 2. The fraction of sp³-hybridized carbons (Fsp3) is 0.529. The molecule has 0 atom stereocenters. The summed E-state index contributed by atoms with van der Waals surface area (Å²) in [6, 6.07) is 4.77. The van der Waals surface area contributed by atoms with Crippen molar-refractivity contribution in [1.82, 2.24) is 5.32 Å². The van der Waals surface area contributed by atoms with E-state index in [4.69, 9.17) is 10.5 Å². The molecule has 0 saturated carbocycles. The molecule has 22 heavy (non-hydrogen) atoms. The van der Waals surface area contributed by atoms with Crippen molar-refractivity contribution in [3.63, 3.8) is 0 Å². The van der Waals surface area contributed by atoms with Crippen LogP contribution >= 0.6 is 0 Å². The number of ketones is 1. The number of carbonyl (C=O) groups excluding carboxylic acids is 2. The van der Waals surface area contributed by atoms with Gasteiger partial charge in [0.15, 0.2) is 11.5 Å². The first kappa shape index (κ1) is 18.0. The van der Waals surface area contributed by atoms with Crippen molar-refractivity contribution in [2.45, 2.75) is 58.9 Å². The van der Waals surface area contributed by atoms with Crippen LogP contribution in [-0.2, 0) is 0 Å². The van der Waals surface area contributed by atoms with Crippen LogP contribution in [0.1, 0.15) is 63.7 Å². The zero-order valence-electron chi connectivity index (χ0n) is 13.9. The van der Waals surface area contributed by atoms with Gasteiger partial charge in [0, 0.05) is 17.5 Å². The van der Waals surface area contributed by atoms with Gasteiger partial charge in [0.2, 0.25) is 0 Å². The molecule has 0 fully saturated rings. The van der Waals surface area contributed by atoms with Gasteiger partial charge in [-0.3, -0.25) is 4.79 Å². The number of Topliss-reactive ketones (excluding diaryl/α,β-unsaturated/α-hetero) is 1. The topological polar surface area (TPSA) is 81.4 Å². The fourth-order valence-electron chi connectivity index (χ4n) is 1.93. The number of benzene rings is 1. The van der Waals surface area contributed by atoms with Crippen LogP contribution in [0.5, 0.6) is 5.75 Å². The van der Waals surface area contributed by atoms with E-state index in [1.807, 2.05) is 20.8 Å². The Labute approximate surface area is 132 Å². The number of unbranched alkanes of at least 4 members (excludes halogenated alkanes) is 2. The molecule has 1 aromatic carbocycles. The Kier molecular flexibility index (Phi) is 6.40. The van der Waals surface area contributed by atoms with Gasteiger partial charge in [0.05, 0.1) is 5.69 Å². The molecule has 0 aromatic heterocycles. The van der Waals surface area contributed by atoms with E-state index in [1.165, 1.54) is 0 Å². The van der Waals surface area contributed by atoms with Gasteiger partial charge in [-0.15, -0.1) is 0 Å². The van der Waals surface area contributed by atoms with E-state index in [0.717, 1.165) is 19.3 Å². The second-order valence-electron chi connectivity index (χ2n) is 6.40. The van der Waals surface area contributed by atoms with Crippen molar-refractivity contribution in [3.8, 4) is 5.75 Å². The molecule has 0 aliphatic heterocycles. The first-order valence-corrected chi connectivity index (χ1v) is 7.65. The maximum atomic E-state index is 12.0. The summed E-state index contributed by atoms with van der Waals surface area (Å²) in [5.41, 5.74) is 6.32. The van der Waals surface area contributed by atoms with Gasteiger partial charge in [-0.1, -0.05) is 19.8 Å². The summed E-state index contributed by atoms with van der Waals surface area (Å²) in [7, 11) is 0. The highest BCUT2D eigenvalue weighted by molar-refractivity contribution is 5.97. The van der Waals surface area contributed by atoms with Gasteiger partial charge in [-0.25, -0.2) is 4.79 Å². The summed E-state index contributed by atoms with van der Waals surface area (Å²) in [6.07, 6.45) is 2.93. The molecule has 5 nitrogen and oxygen atoms in total.